The van der Waals surface area contributed by atoms with Gasteiger partial charge in [-0.3, -0.25) is 4.79 Å². The van der Waals surface area contributed by atoms with E-state index in [4.69, 9.17) is 16.3 Å². The molecule has 1 unspecified atom stereocenters. The molecule has 2 aliphatic carbocycles. The summed E-state index contributed by atoms with van der Waals surface area (Å²) in [7, 11) is 0. The Hall–Kier alpha value is -1.75. The maximum atomic E-state index is 12.6. The van der Waals surface area contributed by atoms with Crippen LogP contribution in [0.15, 0.2) is 24.3 Å². The first-order valence-corrected chi connectivity index (χ1v) is 8.94. The van der Waals surface area contributed by atoms with Crippen molar-refractivity contribution in [1.82, 2.24) is 10.6 Å². The number of cyclic esters (lactones) is 1. The Balaban J connectivity index is 1.59. The van der Waals surface area contributed by atoms with Gasteiger partial charge in [-0.1, -0.05) is 23.7 Å². The molecule has 0 radical (unpaired) electrons. The summed E-state index contributed by atoms with van der Waals surface area (Å²) in [4.78, 5) is 23.8. The van der Waals surface area contributed by atoms with Gasteiger partial charge >= 0.3 is 6.09 Å². The molecule has 1 heterocycles. The fourth-order valence-electron chi connectivity index (χ4n) is 4.66. The largest absolute Gasteiger partial charge is 0.434 e. The average molecular weight is 349 g/mol. The molecule has 1 aromatic rings. The van der Waals surface area contributed by atoms with Crippen molar-refractivity contribution in [1.29, 1.82) is 0 Å². The second-order valence-electron chi connectivity index (χ2n) is 7.28. The first-order chi connectivity index (χ1) is 11.6. The molecule has 2 saturated carbocycles. The highest BCUT2D eigenvalue weighted by molar-refractivity contribution is 6.30. The van der Waals surface area contributed by atoms with Gasteiger partial charge in [0.1, 0.15) is 0 Å². The molecule has 0 spiro atoms. The lowest BCUT2D eigenvalue weighted by Gasteiger charge is -2.37. The van der Waals surface area contributed by atoms with Gasteiger partial charge in [0.2, 0.25) is 0 Å². The fraction of sp³-hybridized carbons (Fsp3) is 0.556. The number of carbonyl (C=O) groups excluding carboxylic acids is 2. The smallest absolute Gasteiger partial charge is 0.408 e. The van der Waals surface area contributed by atoms with Crippen LogP contribution in [0.3, 0.4) is 0 Å². The van der Waals surface area contributed by atoms with Crippen LogP contribution in [0.1, 0.15) is 43.7 Å². The first kappa shape index (κ1) is 15.8. The van der Waals surface area contributed by atoms with Gasteiger partial charge in [-0.15, -0.1) is 0 Å². The minimum atomic E-state index is -0.748. The fourth-order valence-corrected chi connectivity index (χ4v) is 4.78. The molecular formula is C18H21ClN2O3. The molecule has 24 heavy (non-hydrogen) atoms. The number of ether oxygens (including phenoxy) is 1. The molecule has 1 saturated heterocycles. The molecular weight excluding hydrogens is 328 g/mol. The van der Waals surface area contributed by atoms with Crippen LogP contribution in [-0.2, 0) is 9.53 Å². The predicted octanol–water partition coefficient (Wildman–Crippen LogP) is 3.19. The van der Waals surface area contributed by atoms with E-state index >= 15 is 0 Å². The molecule has 2 bridgehead atoms. The number of halogens is 1. The third kappa shape index (κ3) is 2.75. The zero-order valence-electron chi connectivity index (χ0n) is 13.4. The first-order valence-electron chi connectivity index (χ1n) is 8.56. The molecule has 5 nitrogen and oxygen atoms in total. The lowest BCUT2D eigenvalue weighted by molar-refractivity contribution is -0.129. The minimum absolute atomic E-state index is 0.0610. The molecule has 1 aliphatic heterocycles. The summed E-state index contributed by atoms with van der Waals surface area (Å²) in [5.41, 5.74) is 1.19. The van der Waals surface area contributed by atoms with Gasteiger partial charge < -0.3 is 15.4 Å². The summed E-state index contributed by atoms with van der Waals surface area (Å²) in [6, 6.07) is 7.66. The van der Waals surface area contributed by atoms with Crippen molar-refractivity contribution in [2.75, 3.05) is 6.54 Å². The number of amides is 2. The van der Waals surface area contributed by atoms with Crippen molar-refractivity contribution in [3.63, 3.8) is 0 Å². The number of nitrogens with one attached hydrogen (secondary N) is 2. The van der Waals surface area contributed by atoms with Crippen LogP contribution in [0.2, 0.25) is 5.02 Å². The Kier molecular flexibility index (Phi) is 3.91. The van der Waals surface area contributed by atoms with Crippen molar-refractivity contribution < 1.29 is 14.3 Å². The second kappa shape index (κ2) is 5.96. The number of hydrogen-bond donors (Lipinski definition) is 2. The van der Waals surface area contributed by atoms with Crippen LogP contribution in [0.25, 0.3) is 0 Å². The topological polar surface area (TPSA) is 67.4 Å². The third-order valence-corrected chi connectivity index (χ3v) is 6.12. The van der Waals surface area contributed by atoms with Crippen LogP contribution < -0.4 is 10.6 Å². The number of hydrogen-bond acceptors (Lipinski definition) is 3. The number of benzene rings is 1. The normalized spacial score (nSPS) is 32.3. The lowest BCUT2D eigenvalue weighted by Crippen LogP contribution is -2.44. The second-order valence-corrected chi connectivity index (χ2v) is 7.71. The molecule has 4 rings (SSSR count). The number of carbonyl (C=O) groups is 2. The molecule has 1 aromatic carbocycles. The van der Waals surface area contributed by atoms with E-state index in [9.17, 15) is 9.59 Å². The Morgan fingerprint density at radius 1 is 1.29 bits per heavy atom. The zero-order valence-corrected chi connectivity index (χ0v) is 14.1. The number of alkyl carbamates (subject to hydrolysis) is 1. The van der Waals surface area contributed by atoms with Crippen LogP contribution >= 0.6 is 11.6 Å². The van der Waals surface area contributed by atoms with Crippen molar-refractivity contribution >= 4 is 23.6 Å². The number of rotatable bonds is 4. The van der Waals surface area contributed by atoms with E-state index in [-0.39, 0.29) is 23.9 Å². The maximum Gasteiger partial charge on any atom is 0.408 e. The van der Waals surface area contributed by atoms with Crippen molar-refractivity contribution in [2.24, 2.45) is 11.3 Å². The van der Waals surface area contributed by atoms with Crippen LogP contribution in [-0.4, -0.2) is 24.6 Å². The zero-order chi connectivity index (χ0) is 16.7. The molecule has 0 aromatic heterocycles. The molecule has 3 fully saturated rings. The molecule has 128 valence electrons. The van der Waals surface area contributed by atoms with Crippen LogP contribution in [0, 0.1) is 11.3 Å². The van der Waals surface area contributed by atoms with E-state index in [1.165, 1.54) is 12.8 Å². The van der Waals surface area contributed by atoms with Gasteiger partial charge in [0.15, 0.2) is 6.10 Å². The van der Waals surface area contributed by atoms with E-state index in [2.05, 4.69) is 10.6 Å². The van der Waals surface area contributed by atoms with E-state index in [1.807, 2.05) is 24.3 Å². The summed E-state index contributed by atoms with van der Waals surface area (Å²) >= 11 is 6.03. The van der Waals surface area contributed by atoms with Crippen LogP contribution in [0.5, 0.6) is 0 Å². The molecule has 6 heteroatoms. The van der Waals surface area contributed by atoms with E-state index in [0.29, 0.717) is 5.02 Å². The Morgan fingerprint density at radius 3 is 2.54 bits per heavy atom. The monoisotopic (exact) mass is 348 g/mol. The summed E-state index contributed by atoms with van der Waals surface area (Å²) in [5.74, 6) is 0.556. The maximum absolute atomic E-state index is 12.6. The summed E-state index contributed by atoms with van der Waals surface area (Å²) in [5, 5.41) is 6.40. The van der Waals surface area contributed by atoms with E-state index in [1.54, 1.807) is 0 Å². The minimum Gasteiger partial charge on any atom is -0.434 e. The van der Waals surface area contributed by atoms with Gasteiger partial charge in [-0.25, -0.2) is 4.79 Å². The standard InChI is InChI=1S/C18H21ClN2O3/c19-13-3-1-12(2-4-13)15(18-7-5-11(9-18)6-8-18)21-16(22)14-10-20-17(23)24-14/h1-4,11,14-15H,5-10H2,(H,20,23)(H,21,22)/t11?,14?,15-,18?/m0/s1. The lowest BCUT2D eigenvalue weighted by atomic mass is 9.74. The van der Waals surface area contributed by atoms with Gasteiger partial charge in [0.25, 0.3) is 5.91 Å². The molecule has 2 N–H and O–H groups in total. The van der Waals surface area contributed by atoms with Crippen molar-refractivity contribution in [3.05, 3.63) is 34.9 Å². The van der Waals surface area contributed by atoms with E-state index < -0.39 is 12.2 Å². The van der Waals surface area contributed by atoms with Crippen LogP contribution in [0.4, 0.5) is 4.79 Å². The van der Waals surface area contributed by atoms with Crippen molar-refractivity contribution in [3.8, 4) is 0 Å². The van der Waals surface area contributed by atoms with Crippen molar-refractivity contribution in [2.45, 2.75) is 44.2 Å². The van der Waals surface area contributed by atoms with Gasteiger partial charge in [0, 0.05) is 5.02 Å². The summed E-state index contributed by atoms with van der Waals surface area (Å²) in [6.45, 7) is 0.230. The third-order valence-electron chi connectivity index (χ3n) is 5.87. The van der Waals surface area contributed by atoms with Gasteiger partial charge in [0.05, 0.1) is 12.6 Å². The highest BCUT2D eigenvalue weighted by atomic mass is 35.5. The highest BCUT2D eigenvalue weighted by Crippen LogP contribution is 2.60. The Bertz CT molecular complexity index is 653. The quantitative estimate of drug-likeness (QED) is 0.878. The summed E-state index contributed by atoms with van der Waals surface area (Å²) in [6.07, 6.45) is 4.62. The SMILES string of the molecule is O=C1NCC(C(=O)N[C@@H](c2ccc(Cl)cc2)C23CCC(CC2)C3)O1. The van der Waals surface area contributed by atoms with Gasteiger partial charge in [-0.05, 0) is 61.1 Å². The average Bonchev–Trinajstić information content (AvgIpc) is 3.29. The van der Waals surface area contributed by atoms with Gasteiger partial charge in [-0.2, -0.15) is 0 Å². The highest BCUT2D eigenvalue weighted by Gasteiger charge is 2.51. The Morgan fingerprint density at radius 2 is 2.00 bits per heavy atom. The predicted molar refractivity (Wildman–Crippen MR) is 89.6 cm³/mol. The molecule has 3 aliphatic rings. The van der Waals surface area contributed by atoms with E-state index in [0.717, 1.165) is 30.7 Å². The molecule has 2 amide bonds. The number of fused-ring (bicyclic) bond motifs is 2. The molecule has 2 atom stereocenters. The Labute approximate surface area is 146 Å². The summed E-state index contributed by atoms with van der Waals surface area (Å²) < 4.78 is 5.04.